The highest BCUT2D eigenvalue weighted by Gasteiger charge is 2.50. The van der Waals surface area contributed by atoms with Crippen LogP contribution < -0.4 is 10.4 Å². The summed E-state index contributed by atoms with van der Waals surface area (Å²) in [6.07, 6.45) is 0.446. The van der Waals surface area contributed by atoms with Gasteiger partial charge in [-0.05, 0) is 33.5 Å². The zero-order valence-electron chi connectivity index (χ0n) is 23.4. The SMILES string of the molecule is CC(C)(C)[Si](C)(C)OC[C@H](CO)[C@@H]1CC(CO[Si](c2ccccc2)(c2ccccc2)C(C)(C)C)=NO1. The van der Waals surface area contributed by atoms with Crippen molar-refractivity contribution < 1.29 is 18.8 Å². The normalized spacial score (nSPS) is 18.0. The molecular formula is C29H45NO4Si2. The van der Waals surface area contributed by atoms with Crippen molar-refractivity contribution in [2.75, 3.05) is 19.8 Å². The van der Waals surface area contributed by atoms with Crippen molar-refractivity contribution in [1.82, 2.24) is 0 Å². The number of nitrogens with zero attached hydrogens (tertiary/aromatic N) is 1. The number of aliphatic hydroxyl groups is 1. The van der Waals surface area contributed by atoms with Crippen molar-refractivity contribution in [3.8, 4) is 0 Å². The van der Waals surface area contributed by atoms with Crippen LogP contribution in [-0.4, -0.2) is 53.4 Å². The predicted octanol–water partition coefficient (Wildman–Crippen LogP) is 5.34. The van der Waals surface area contributed by atoms with E-state index in [0.717, 1.165) is 5.71 Å². The molecule has 2 aromatic carbocycles. The molecule has 0 saturated heterocycles. The summed E-state index contributed by atoms with van der Waals surface area (Å²) in [5.41, 5.74) is 0.888. The summed E-state index contributed by atoms with van der Waals surface area (Å²) < 4.78 is 13.4. The molecule has 2 aromatic rings. The average molecular weight is 528 g/mol. The molecule has 0 fully saturated rings. The molecule has 3 rings (SSSR count). The van der Waals surface area contributed by atoms with E-state index in [1.807, 2.05) is 0 Å². The first-order valence-electron chi connectivity index (χ1n) is 13.0. The Kier molecular flexibility index (Phi) is 9.05. The minimum absolute atomic E-state index is 0.0116. The lowest BCUT2D eigenvalue weighted by Crippen LogP contribution is -2.67. The summed E-state index contributed by atoms with van der Waals surface area (Å²) in [5, 5.41) is 17.0. The average Bonchev–Trinajstić information content (AvgIpc) is 3.28. The molecule has 1 heterocycles. The minimum atomic E-state index is -2.64. The van der Waals surface area contributed by atoms with Gasteiger partial charge in [0.2, 0.25) is 0 Å². The molecular weight excluding hydrogens is 482 g/mol. The van der Waals surface area contributed by atoms with Crippen molar-refractivity contribution in [2.24, 2.45) is 11.1 Å². The van der Waals surface area contributed by atoms with E-state index in [1.54, 1.807) is 0 Å². The molecule has 2 atom stereocenters. The molecule has 7 heteroatoms. The maximum atomic E-state index is 10.1. The first-order valence-corrected chi connectivity index (χ1v) is 17.8. The van der Waals surface area contributed by atoms with Crippen molar-refractivity contribution in [1.29, 1.82) is 0 Å². The number of aliphatic hydroxyl groups excluding tert-OH is 1. The fourth-order valence-electron chi connectivity index (χ4n) is 4.55. The van der Waals surface area contributed by atoms with E-state index >= 15 is 0 Å². The molecule has 5 nitrogen and oxygen atoms in total. The second-order valence-corrected chi connectivity index (χ2v) is 21.6. The van der Waals surface area contributed by atoms with Crippen LogP contribution in [0.25, 0.3) is 0 Å². The van der Waals surface area contributed by atoms with Crippen LogP contribution in [-0.2, 0) is 13.7 Å². The highest BCUT2D eigenvalue weighted by molar-refractivity contribution is 6.99. The van der Waals surface area contributed by atoms with E-state index in [9.17, 15) is 5.11 Å². The molecule has 36 heavy (non-hydrogen) atoms. The molecule has 0 saturated carbocycles. The molecule has 1 aliphatic heterocycles. The summed E-state index contributed by atoms with van der Waals surface area (Å²) in [7, 11) is -4.55. The third-order valence-corrected chi connectivity index (χ3v) is 17.3. The van der Waals surface area contributed by atoms with Crippen molar-refractivity contribution in [3.63, 3.8) is 0 Å². The Bertz CT molecular complexity index is 958. The van der Waals surface area contributed by atoms with E-state index < -0.39 is 16.6 Å². The van der Waals surface area contributed by atoms with Gasteiger partial charge in [-0.25, -0.2) is 0 Å². The zero-order chi connectivity index (χ0) is 26.6. The summed E-state index contributed by atoms with van der Waals surface area (Å²) in [4.78, 5) is 5.83. The Morgan fingerprint density at radius 1 is 0.889 bits per heavy atom. The Balaban J connectivity index is 1.76. The summed E-state index contributed by atoms with van der Waals surface area (Å²) >= 11 is 0. The lowest BCUT2D eigenvalue weighted by atomic mass is 10.0. The second-order valence-electron chi connectivity index (χ2n) is 12.5. The lowest BCUT2D eigenvalue weighted by Gasteiger charge is -2.43. The second kappa shape index (κ2) is 11.3. The molecule has 0 unspecified atom stereocenters. The molecule has 0 aliphatic carbocycles. The molecule has 0 spiro atoms. The molecule has 1 aliphatic rings. The largest absolute Gasteiger partial charge is 0.416 e. The molecule has 0 bridgehead atoms. The van der Waals surface area contributed by atoms with Gasteiger partial charge in [0.15, 0.2) is 8.32 Å². The van der Waals surface area contributed by atoms with E-state index in [-0.39, 0.29) is 28.7 Å². The molecule has 198 valence electrons. The van der Waals surface area contributed by atoms with Crippen LogP contribution in [0.4, 0.5) is 0 Å². The minimum Gasteiger partial charge on any atom is -0.416 e. The highest BCUT2D eigenvalue weighted by Crippen LogP contribution is 2.38. The smallest absolute Gasteiger partial charge is 0.261 e. The van der Waals surface area contributed by atoms with Gasteiger partial charge < -0.3 is 18.8 Å². The van der Waals surface area contributed by atoms with E-state index in [1.165, 1.54) is 10.4 Å². The van der Waals surface area contributed by atoms with E-state index in [4.69, 9.17) is 13.7 Å². The monoisotopic (exact) mass is 527 g/mol. The van der Waals surface area contributed by atoms with Crippen LogP contribution in [0.3, 0.4) is 0 Å². The van der Waals surface area contributed by atoms with Gasteiger partial charge in [0.05, 0.1) is 18.9 Å². The van der Waals surface area contributed by atoms with Crippen LogP contribution in [0.15, 0.2) is 65.8 Å². The Hall–Kier alpha value is -1.78. The molecule has 0 radical (unpaired) electrons. The summed E-state index contributed by atoms with van der Waals surface area (Å²) in [5.74, 6) is -0.117. The zero-order valence-corrected chi connectivity index (χ0v) is 25.4. The fraction of sp³-hybridized carbons (Fsp3) is 0.552. The maximum Gasteiger partial charge on any atom is 0.261 e. The summed E-state index contributed by atoms with van der Waals surface area (Å²) in [6.45, 7) is 18.9. The number of oxime groups is 1. The number of hydrogen-bond acceptors (Lipinski definition) is 5. The van der Waals surface area contributed by atoms with E-state index in [2.05, 4.69) is 120 Å². The van der Waals surface area contributed by atoms with Gasteiger partial charge in [-0.1, -0.05) is 107 Å². The Labute approximate surface area is 220 Å². The van der Waals surface area contributed by atoms with Crippen LogP contribution in [0.2, 0.25) is 23.2 Å². The summed E-state index contributed by atoms with van der Waals surface area (Å²) in [6, 6.07) is 21.3. The van der Waals surface area contributed by atoms with Gasteiger partial charge in [-0.2, -0.15) is 0 Å². The van der Waals surface area contributed by atoms with Gasteiger partial charge in [0, 0.05) is 18.9 Å². The standard InChI is InChI=1S/C29H45NO4Si2/c1-28(2,3)35(7,8)32-21-23(20-31)27-19-24(30-34-27)22-33-36(29(4,5)6,25-15-11-9-12-16-25)26-17-13-10-14-18-26/h9-18,23,27,31H,19-22H2,1-8H3/t23-,27-/m0/s1. The van der Waals surface area contributed by atoms with Crippen LogP contribution in [0, 0.1) is 5.92 Å². The predicted molar refractivity (Wildman–Crippen MR) is 154 cm³/mol. The van der Waals surface area contributed by atoms with Gasteiger partial charge in [0.1, 0.15) is 6.10 Å². The van der Waals surface area contributed by atoms with Crippen molar-refractivity contribution in [3.05, 3.63) is 60.7 Å². The lowest BCUT2D eigenvalue weighted by molar-refractivity contribution is -0.00270. The van der Waals surface area contributed by atoms with E-state index in [0.29, 0.717) is 19.6 Å². The van der Waals surface area contributed by atoms with Crippen molar-refractivity contribution in [2.45, 2.75) is 77.2 Å². The van der Waals surface area contributed by atoms with Gasteiger partial charge in [-0.3, -0.25) is 0 Å². The number of hydrogen-bond donors (Lipinski definition) is 1. The Morgan fingerprint density at radius 3 is 1.86 bits per heavy atom. The molecule has 0 amide bonds. The third kappa shape index (κ3) is 6.19. The van der Waals surface area contributed by atoms with Crippen LogP contribution >= 0.6 is 0 Å². The number of benzene rings is 2. The quantitative estimate of drug-likeness (QED) is 0.424. The molecule has 1 N–H and O–H groups in total. The third-order valence-electron chi connectivity index (χ3n) is 7.85. The fourth-order valence-corrected chi connectivity index (χ4v) is 10.2. The first-order chi connectivity index (χ1) is 16.8. The van der Waals surface area contributed by atoms with Gasteiger partial charge >= 0.3 is 0 Å². The number of rotatable bonds is 10. The van der Waals surface area contributed by atoms with Gasteiger partial charge in [-0.15, -0.1) is 0 Å². The Morgan fingerprint density at radius 2 is 1.42 bits per heavy atom. The molecule has 0 aromatic heterocycles. The topological polar surface area (TPSA) is 60.3 Å². The maximum absolute atomic E-state index is 10.1. The highest BCUT2D eigenvalue weighted by atomic mass is 28.4. The first kappa shape index (κ1) is 28.8. The van der Waals surface area contributed by atoms with Crippen LogP contribution in [0.5, 0.6) is 0 Å². The van der Waals surface area contributed by atoms with Crippen molar-refractivity contribution >= 4 is 32.7 Å². The van der Waals surface area contributed by atoms with Crippen LogP contribution in [0.1, 0.15) is 48.0 Å². The van der Waals surface area contributed by atoms with Gasteiger partial charge in [0.25, 0.3) is 8.32 Å².